The molecular formula is C21H22N2O6S. The smallest absolute Gasteiger partial charge is 0.331 e. The van der Waals surface area contributed by atoms with Gasteiger partial charge in [0.05, 0.1) is 4.90 Å². The minimum Gasteiger partial charge on any atom is -0.490 e. The summed E-state index contributed by atoms with van der Waals surface area (Å²) in [5, 5.41) is 7.55. The monoisotopic (exact) mass is 430 g/mol. The second kappa shape index (κ2) is 10.4. The molecule has 0 aliphatic rings. The minimum absolute atomic E-state index is 0.0783. The Morgan fingerprint density at radius 1 is 1.13 bits per heavy atom. The van der Waals surface area contributed by atoms with E-state index >= 15 is 0 Å². The number of hydrogen-bond donors (Lipinski definition) is 2. The van der Waals surface area contributed by atoms with Gasteiger partial charge < -0.3 is 14.8 Å². The molecule has 0 bridgehead atoms. The lowest BCUT2D eigenvalue weighted by Crippen LogP contribution is -2.29. The predicted octanol–water partition coefficient (Wildman–Crippen LogP) is 2.48. The van der Waals surface area contributed by atoms with Crippen molar-refractivity contribution in [3.8, 4) is 5.75 Å². The Bertz CT molecular complexity index is 1030. The van der Waals surface area contributed by atoms with Gasteiger partial charge in [-0.1, -0.05) is 24.8 Å². The molecule has 1 amide bonds. The van der Waals surface area contributed by atoms with Gasteiger partial charge in [0.25, 0.3) is 5.91 Å². The third kappa shape index (κ3) is 7.19. The third-order valence-electron chi connectivity index (χ3n) is 3.77. The summed E-state index contributed by atoms with van der Waals surface area (Å²) in [7, 11) is -3.82. The number of sulfonamides is 1. The molecular weight excluding hydrogens is 408 g/mol. The number of esters is 1. The van der Waals surface area contributed by atoms with Crippen molar-refractivity contribution in [1.82, 2.24) is 0 Å². The molecule has 0 saturated heterocycles. The van der Waals surface area contributed by atoms with Gasteiger partial charge in [-0.25, -0.2) is 18.4 Å². The summed E-state index contributed by atoms with van der Waals surface area (Å²) in [6, 6.07) is 12.3. The summed E-state index contributed by atoms with van der Waals surface area (Å²) in [5.74, 6) is -0.574. The van der Waals surface area contributed by atoms with Crippen molar-refractivity contribution in [3.05, 3.63) is 72.8 Å². The van der Waals surface area contributed by atoms with Crippen LogP contribution >= 0.6 is 0 Å². The number of carbonyl (C=O) groups excluding carboxylic acids is 2. The maximum atomic E-state index is 12.2. The molecule has 2 aromatic rings. The molecule has 0 aliphatic carbocycles. The lowest BCUT2D eigenvalue weighted by Gasteiger charge is -2.12. The zero-order valence-corrected chi connectivity index (χ0v) is 17.1. The van der Waals surface area contributed by atoms with Crippen LogP contribution in [-0.4, -0.2) is 33.0 Å². The molecule has 0 aromatic heterocycles. The van der Waals surface area contributed by atoms with Crippen LogP contribution in [-0.2, 0) is 24.3 Å². The van der Waals surface area contributed by atoms with Gasteiger partial charge in [0.2, 0.25) is 10.0 Å². The maximum Gasteiger partial charge on any atom is 0.331 e. The van der Waals surface area contributed by atoms with E-state index in [4.69, 9.17) is 14.6 Å². The molecule has 3 N–H and O–H groups in total. The van der Waals surface area contributed by atoms with Crippen molar-refractivity contribution in [3.63, 3.8) is 0 Å². The van der Waals surface area contributed by atoms with Gasteiger partial charge in [0, 0.05) is 11.8 Å². The van der Waals surface area contributed by atoms with Crippen LogP contribution in [0, 0.1) is 0 Å². The minimum atomic E-state index is -3.82. The highest BCUT2D eigenvalue weighted by Gasteiger charge is 2.17. The molecule has 0 radical (unpaired) electrons. The first kappa shape index (κ1) is 22.9. The lowest BCUT2D eigenvalue weighted by molar-refractivity contribution is -0.148. The molecule has 30 heavy (non-hydrogen) atoms. The van der Waals surface area contributed by atoms with E-state index in [1.54, 1.807) is 36.4 Å². The molecule has 1 unspecified atom stereocenters. The fourth-order valence-corrected chi connectivity index (χ4v) is 2.75. The summed E-state index contributed by atoms with van der Waals surface area (Å²) in [4.78, 5) is 24.0. The van der Waals surface area contributed by atoms with Crippen LogP contribution in [0.15, 0.2) is 72.2 Å². The second-order valence-electron chi connectivity index (χ2n) is 6.14. The lowest BCUT2D eigenvalue weighted by atomic mass is 10.2. The number of anilines is 1. The molecule has 8 nitrogen and oxygen atoms in total. The number of nitrogens with one attached hydrogen (secondary N) is 1. The highest BCUT2D eigenvalue weighted by molar-refractivity contribution is 7.89. The van der Waals surface area contributed by atoms with Crippen LogP contribution in [0.1, 0.15) is 12.5 Å². The molecule has 0 spiro atoms. The van der Waals surface area contributed by atoms with E-state index in [0.29, 0.717) is 18.0 Å². The average molecular weight is 430 g/mol. The van der Waals surface area contributed by atoms with Crippen molar-refractivity contribution in [2.24, 2.45) is 5.14 Å². The van der Waals surface area contributed by atoms with Crippen LogP contribution < -0.4 is 15.2 Å². The van der Waals surface area contributed by atoms with E-state index in [2.05, 4.69) is 11.9 Å². The highest BCUT2D eigenvalue weighted by Crippen LogP contribution is 2.14. The SMILES string of the molecule is C=CCOc1ccc(/C=C/C(=O)OC(C)C(=O)Nc2ccc(S(N)(=O)=O)cc2)cc1. The number of ether oxygens (including phenoxy) is 2. The topological polar surface area (TPSA) is 125 Å². The van der Waals surface area contributed by atoms with Gasteiger partial charge in [-0.05, 0) is 55.0 Å². The quantitative estimate of drug-likeness (QED) is 0.358. The first-order valence-electron chi connectivity index (χ1n) is 8.85. The number of nitrogens with two attached hydrogens (primary N) is 1. The first-order valence-corrected chi connectivity index (χ1v) is 10.4. The fraction of sp³-hybridized carbons (Fsp3) is 0.143. The second-order valence-corrected chi connectivity index (χ2v) is 7.70. The van der Waals surface area contributed by atoms with Crippen LogP contribution in [0.2, 0.25) is 0 Å². The molecule has 9 heteroatoms. The molecule has 158 valence electrons. The van der Waals surface area contributed by atoms with Gasteiger partial charge >= 0.3 is 5.97 Å². The van der Waals surface area contributed by atoms with Crippen molar-refractivity contribution in [2.75, 3.05) is 11.9 Å². The average Bonchev–Trinajstić information content (AvgIpc) is 2.71. The van der Waals surface area contributed by atoms with Crippen LogP contribution in [0.4, 0.5) is 5.69 Å². The van der Waals surface area contributed by atoms with Crippen LogP contribution in [0.25, 0.3) is 6.08 Å². The molecule has 0 fully saturated rings. The van der Waals surface area contributed by atoms with Gasteiger partial charge in [0.1, 0.15) is 12.4 Å². The maximum absolute atomic E-state index is 12.2. The van der Waals surface area contributed by atoms with Gasteiger partial charge in [-0.15, -0.1) is 0 Å². The van der Waals surface area contributed by atoms with Crippen LogP contribution in [0.5, 0.6) is 5.75 Å². The van der Waals surface area contributed by atoms with Crippen molar-refractivity contribution < 1.29 is 27.5 Å². The van der Waals surface area contributed by atoms with E-state index in [-0.39, 0.29) is 4.90 Å². The number of rotatable bonds is 9. The molecule has 2 aromatic carbocycles. The number of benzene rings is 2. The Morgan fingerprint density at radius 3 is 2.33 bits per heavy atom. The first-order chi connectivity index (χ1) is 14.2. The summed E-state index contributed by atoms with van der Waals surface area (Å²) in [5.41, 5.74) is 1.09. The summed E-state index contributed by atoms with van der Waals surface area (Å²) in [6.45, 7) is 5.39. The molecule has 0 aliphatic heterocycles. The van der Waals surface area contributed by atoms with Crippen LogP contribution in [0.3, 0.4) is 0 Å². The normalized spacial score (nSPS) is 12.2. The van der Waals surface area contributed by atoms with E-state index < -0.39 is 28.0 Å². The summed E-state index contributed by atoms with van der Waals surface area (Å²) in [6.07, 6.45) is 3.34. The highest BCUT2D eigenvalue weighted by atomic mass is 32.2. The number of amides is 1. The van der Waals surface area contributed by atoms with Gasteiger partial charge in [0.15, 0.2) is 6.10 Å². The Labute approximate surface area is 175 Å². The van der Waals surface area contributed by atoms with E-state index in [1.807, 2.05) is 0 Å². The summed E-state index contributed by atoms with van der Waals surface area (Å²) < 4.78 is 32.9. The predicted molar refractivity (Wildman–Crippen MR) is 113 cm³/mol. The van der Waals surface area contributed by atoms with E-state index in [0.717, 1.165) is 5.56 Å². The molecule has 1 atom stereocenters. The Morgan fingerprint density at radius 2 is 1.77 bits per heavy atom. The number of primary sulfonamides is 1. The number of carbonyl (C=O) groups is 2. The van der Waals surface area contributed by atoms with Gasteiger partial charge in [-0.3, -0.25) is 4.79 Å². The summed E-state index contributed by atoms with van der Waals surface area (Å²) >= 11 is 0. The van der Waals surface area contributed by atoms with E-state index in [9.17, 15) is 18.0 Å². The number of hydrogen-bond acceptors (Lipinski definition) is 6. The van der Waals surface area contributed by atoms with Crippen molar-refractivity contribution in [2.45, 2.75) is 17.9 Å². The van der Waals surface area contributed by atoms with E-state index in [1.165, 1.54) is 37.3 Å². The third-order valence-corrected chi connectivity index (χ3v) is 4.70. The molecule has 2 rings (SSSR count). The Kier molecular flexibility index (Phi) is 7.90. The van der Waals surface area contributed by atoms with Gasteiger partial charge in [-0.2, -0.15) is 0 Å². The Hall–Kier alpha value is -3.43. The standard InChI is InChI=1S/C21H22N2O6S/c1-3-14-28-18-9-4-16(5-10-18)6-13-20(24)29-15(2)21(25)23-17-7-11-19(12-8-17)30(22,26)27/h3-13,15H,1,14H2,2H3,(H,23,25)(H2,22,26,27)/b13-6+. The van der Waals surface area contributed by atoms with Crippen molar-refractivity contribution in [1.29, 1.82) is 0 Å². The zero-order valence-electron chi connectivity index (χ0n) is 16.3. The zero-order chi connectivity index (χ0) is 22.1. The van der Waals surface area contributed by atoms with Crippen molar-refractivity contribution >= 4 is 33.7 Å². The Balaban J connectivity index is 1.87. The molecule has 0 heterocycles. The molecule has 0 saturated carbocycles. The fourth-order valence-electron chi connectivity index (χ4n) is 2.23. The largest absolute Gasteiger partial charge is 0.490 e.